The number of aryl methyl sites for hydroxylation is 1. The lowest BCUT2D eigenvalue weighted by atomic mass is 9.86. The Hall–Kier alpha value is -0.820. The summed E-state index contributed by atoms with van der Waals surface area (Å²) >= 11 is 0. The Bertz CT molecular complexity index is 449. The van der Waals surface area contributed by atoms with Crippen molar-refractivity contribution in [2.75, 3.05) is 13.6 Å². The Morgan fingerprint density at radius 1 is 1.26 bits per heavy atom. The third kappa shape index (κ3) is 2.45. The van der Waals surface area contributed by atoms with Gasteiger partial charge in [-0.05, 0) is 74.2 Å². The van der Waals surface area contributed by atoms with E-state index >= 15 is 0 Å². The van der Waals surface area contributed by atoms with Crippen LogP contribution in [0.15, 0.2) is 18.2 Å². The van der Waals surface area contributed by atoms with E-state index in [9.17, 15) is 0 Å². The molecule has 0 amide bonds. The highest BCUT2D eigenvalue weighted by molar-refractivity contribution is 5.43. The summed E-state index contributed by atoms with van der Waals surface area (Å²) in [4.78, 5) is 2.58. The molecule has 0 radical (unpaired) electrons. The van der Waals surface area contributed by atoms with E-state index in [2.05, 4.69) is 44.0 Å². The molecule has 1 heteroatoms. The minimum Gasteiger partial charge on any atom is -0.303 e. The van der Waals surface area contributed by atoms with E-state index in [1.54, 1.807) is 16.7 Å². The molecule has 1 heterocycles. The summed E-state index contributed by atoms with van der Waals surface area (Å²) in [6, 6.07) is 7.81. The quantitative estimate of drug-likeness (QED) is 0.779. The van der Waals surface area contributed by atoms with E-state index in [1.807, 2.05) is 0 Å². The third-order valence-electron chi connectivity index (χ3n) is 5.25. The second-order valence-electron chi connectivity index (χ2n) is 6.82. The molecule has 0 unspecified atom stereocenters. The van der Waals surface area contributed by atoms with Gasteiger partial charge in [-0.2, -0.15) is 0 Å². The Morgan fingerprint density at radius 3 is 2.79 bits per heavy atom. The summed E-state index contributed by atoms with van der Waals surface area (Å²) in [7, 11) is 2.31. The second-order valence-corrected chi connectivity index (χ2v) is 6.82. The Kier molecular flexibility index (Phi) is 3.66. The summed E-state index contributed by atoms with van der Waals surface area (Å²) in [5.74, 6) is 1.48. The topological polar surface area (TPSA) is 3.24 Å². The molecule has 1 fully saturated rings. The highest BCUT2D eigenvalue weighted by Gasteiger charge is 2.30. The molecule has 1 nitrogen and oxygen atoms in total. The molecule has 0 aromatic heterocycles. The van der Waals surface area contributed by atoms with E-state index in [1.165, 1.54) is 38.6 Å². The predicted molar refractivity (Wildman–Crippen MR) is 81.9 cm³/mol. The van der Waals surface area contributed by atoms with Gasteiger partial charge in [0.15, 0.2) is 0 Å². The van der Waals surface area contributed by atoms with Crippen molar-refractivity contribution in [1.29, 1.82) is 0 Å². The maximum Gasteiger partial charge on any atom is 0.00985 e. The summed E-state index contributed by atoms with van der Waals surface area (Å²) in [6.07, 6.45) is 6.87. The van der Waals surface area contributed by atoms with Crippen LogP contribution in [0.3, 0.4) is 0 Å². The van der Waals surface area contributed by atoms with Crippen molar-refractivity contribution in [3.05, 3.63) is 34.9 Å². The van der Waals surface area contributed by atoms with Gasteiger partial charge in [-0.3, -0.25) is 0 Å². The minimum absolute atomic E-state index is 0.664. The fourth-order valence-electron chi connectivity index (χ4n) is 4.17. The maximum atomic E-state index is 2.58. The second kappa shape index (κ2) is 5.28. The predicted octanol–water partition coefficient (Wildman–Crippen LogP) is 4.32. The van der Waals surface area contributed by atoms with E-state index in [0.29, 0.717) is 5.92 Å². The lowest BCUT2D eigenvalue weighted by Crippen LogP contribution is -2.26. The molecular weight excluding hydrogens is 230 g/mol. The monoisotopic (exact) mass is 257 g/mol. The smallest absolute Gasteiger partial charge is 0.00985 e. The molecule has 2 atom stereocenters. The summed E-state index contributed by atoms with van der Waals surface area (Å²) in [5.41, 5.74) is 4.97. The van der Waals surface area contributed by atoms with Gasteiger partial charge in [-0.15, -0.1) is 0 Å². The molecule has 3 rings (SSSR count). The van der Waals surface area contributed by atoms with Crippen molar-refractivity contribution in [2.24, 2.45) is 0 Å². The zero-order chi connectivity index (χ0) is 13.4. The highest BCUT2D eigenvalue weighted by atomic mass is 15.1. The molecule has 1 aliphatic heterocycles. The van der Waals surface area contributed by atoms with Crippen LogP contribution >= 0.6 is 0 Å². The van der Waals surface area contributed by atoms with Gasteiger partial charge in [0, 0.05) is 6.04 Å². The number of hydrogen-bond donors (Lipinski definition) is 0. The summed E-state index contributed by atoms with van der Waals surface area (Å²) in [6.45, 7) is 5.98. The first-order valence-electron chi connectivity index (χ1n) is 7.98. The van der Waals surface area contributed by atoms with Crippen molar-refractivity contribution >= 4 is 0 Å². The van der Waals surface area contributed by atoms with Crippen LogP contribution in [0.4, 0.5) is 0 Å². The van der Waals surface area contributed by atoms with Gasteiger partial charge in [-0.1, -0.05) is 32.0 Å². The zero-order valence-electron chi connectivity index (χ0n) is 12.7. The van der Waals surface area contributed by atoms with E-state index in [4.69, 9.17) is 0 Å². The number of rotatable bonds is 3. The molecule has 0 bridgehead atoms. The van der Waals surface area contributed by atoms with E-state index in [0.717, 1.165) is 12.0 Å². The van der Waals surface area contributed by atoms with Gasteiger partial charge in [0.05, 0.1) is 0 Å². The maximum absolute atomic E-state index is 2.58. The lowest BCUT2D eigenvalue weighted by Gasteiger charge is -2.25. The summed E-state index contributed by atoms with van der Waals surface area (Å²) < 4.78 is 0. The van der Waals surface area contributed by atoms with E-state index < -0.39 is 0 Å². The first-order valence-corrected chi connectivity index (χ1v) is 7.98. The number of benzene rings is 1. The number of likely N-dealkylation sites (tertiary alicyclic amines) is 1. The number of hydrogen-bond acceptors (Lipinski definition) is 1. The van der Waals surface area contributed by atoms with Gasteiger partial charge >= 0.3 is 0 Å². The van der Waals surface area contributed by atoms with Crippen LogP contribution in [0.2, 0.25) is 0 Å². The molecule has 1 aliphatic carbocycles. The van der Waals surface area contributed by atoms with Crippen LogP contribution in [-0.2, 0) is 6.42 Å². The number of fused-ring (bicyclic) bond motifs is 1. The van der Waals surface area contributed by atoms with Gasteiger partial charge in [-0.25, -0.2) is 0 Å². The molecule has 1 aromatic carbocycles. The van der Waals surface area contributed by atoms with E-state index in [-0.39, 0.29) is 0 Å². The average Bonchev–Trinajstić information content (AvgIpc) is 2.97. The van der Waals surface area contributed by atoms with Gasteiger partial charge in [0.1, 0.15) is 0 Å². The van der Waals surface area contributed by atoms with Crippen LogP contribution in [0.5, 0.6) is 0 Å². The molecule has 19 heavy (non-hydrogen) atoms. The molecule has 0 saturated carbocycles. The van der Waals surface area contributed by atoms with Gasteiger partial charge in [0.25, 0.3) is 0 Å². The van der Waals surface area contributed by atoms with Crippen LogP contribution in [0, 0.1) is 0 Å². The minimum atomic E-state index is 0.664. The Labute approximate surface area is 118 Å². The van der Waals surface area contributed by atoms with Crippen molar-refractivity contribution < 1.29 is 0 Å². The van der Waals surface area contributed by atoms with Crippen molar-refractivity contribution in [3.63, 3.8) is 0 Å². The Balaban J connectivity index is 1.84. The first kappa shape index (κ1) is 13.2. The molecule has 2 aliphatic rings. The SMILES string of the molecule is CC(C)c1cccc2c1[C@H](C[C@H]1CCCN1C)CC2. The normalized spacial score (nSPS) is 27.2. The summed E-state index contributed by atoms with van der Waals surface area (Å²) in [5, 5.41) is 0. The van der Waals surface area contributed by atoms with Gasteiger partial charge < -0.3 is 4.90 Å². The fraction of sp³-hybridized carbons (Fsp3) is 0.667. The molecule has 0 N–H and O–H groups in total. The van der Waals surface area contributed by atoms with Crippen molar-refractivity contribution in [3.8, 4) is 0 Å². The van der Waals surface area contributed by atoms with Crippen LogP contribution < -0.4 is 0 Å². The van der Waals surface area contributed by atoms with Crippen molar-refractivity contribution in [2.45, 2.75) is 63.8 Å². The van der Waals surface area contributed by atoms with Crippen molar-refractivity contribution in [1.82, 2.24) is 4.90 Å². The molecule has 104 valence electrons. The van der Waals surface area contributed by atoms with Crippen LogP contribution in [0.25, 0.3) is 0 Å². The molecule has 1 aromatic rings. The van der Waals surface area contributed by atoms with Crippen LogP contribution in [-0.4, -0.2) is 24.5 Å². The molecular formula is C18H27N. The number of nitrogens with zero attached hydrogens (tertiary/aromatic N) is 1. The average molecular weight is 257 g/mol. The van der Waals surface area contributed by atoms with Crippen LogP contribution in [0.1, 0.15) is 68.1 Å². The fourth-order valence-corrected chi connectivity index (χ4v) is 4.17. The zero-order valence-corrected chi connectivity index (χ0v) is 12.7. The molecule has 0 spiro atoms. The first-order chi connectivity index (χ1) is 9.16. The standard InChI is InChI=1S/C18H27N/c1-13(2)17-8-4-6-14-9-10-15(18(14)17)12-16-7-5-11-19(16)3/h4,6,8,13,15-16H,5,7,9-12H2,1-3H3/t15-,16+/m0/s1. The largest absolute Gasteiger partial charge is 0.303 e. The highest BCUT2D eigenvalue weighted by Crippen LogP contribution is 2.42. The molecule has 1 saturated heterocycles. The third-order valence-corrected chi connectivity index (χ3v) is 5.25. The van der Waals surface area contributed by atoms with Gasteiger partial charge in [0.2, 0.25) is 0 Å². The Morgan fingerprint density at radius 2 is 2.11 bits per heavy atom. The lowest BCUT2D eigenvalue weighted by molar-refractivity contribution is 0.281.